The van der Waals surface area contributed by atoms with E-state index in [1.165, 1.54) is 18.2 Å². The predicted octanol–water partition coefficient (Wildman–Crippen LogP) is 4.22. The second-order valence-electron chi connectivity index (χ2n) is 3.57. The van der Waals surface area contributed by atoms with Crippen molar-refractivity contribution >= 4 is 27.5 Å². The SMILES string of the molecule is Cc1nc(Oc2ccc(F)cc2Br)ncc1CCl. The first-order valence-corrected chi connectivity index (χ1v) is 6.44. The summed E-state index contributed by atoms with van der Waals surface area (Å²) in [4.78, 5) is 8.21. The summed E-state index contributed by atoms with van der Waals surface area (Å²) < 4.78 is 18.9. The van der Waals surface area contributed by atoms with Crippen LogP contribution in [0.1, 0.15) is 11.3 Å². The lowest BCUT2D eigenvalue weighted by atomic mass is 10.3. The highest BCUT2D eigenvalue weighted by molar-refractivity contribution is 9.10. The van der Waals surface area contributed by atoms with Crippen LogP contribution < -0.4 is 4.74 Å². The molecule has 2 rings (SSSR count). The maximum Gasteiger partial charge on any atom is 0.322 e. The van der Waals surface area contributed by atoms with Crippen molar-refractivity contribution in [1.82, 2.24) is 9.97 Å². The Hall–Kier alpha value is -1.20. The molecule has 0 saturated carbocycles. The summed E-state index contributed by atoms with van der Waals surface area (Å²) in [6.07, 6.45) is 1.61. The summed E-state index contributed by atoms with van der Waals surface area (Å²) in [5.74, 6) is 0.463. The normalized spacial score (nSPS) is 10.4. The van der Waals surface area contributed by atoms with Gasteiger partial charge in [0.05, 0.1) is 10.4 Å². The Kier molecular flexibility index (Phi) is 4.14. The second kappa shape index (κ2) is 5.63. The van der Waals surface area contributed by atoms with Gasteiger partial charge in [0.2, 0.25) is 0 Å². The Bertz CT molecular complexity index is 580. The van der Waals surface area contributed by atoms with Crippen LogP contribution in [0.3, 0.4) is 0 Å². The third kappa shape index (κ3) is 2.97. The predicted molar refractivity (Wildman–Crippen MR) is 70.5 cm³/mol. The first-order valence-electron chi connectivity index (χ1n) is 5.11. The van der Waals surface area contributed by atoms with Gasteiger partial charge in [0.15, 0.2) is 0 Å². The minimum Gasteiger partial charge on any atom is -0.423 e. The Balaban J connectivity index is 2.26. The van der Waals surface area contributed by atoms with E-state index in [1.807, 2.05) is 6.92 Å². The number of aromatic nitrogens is 2. The van der Waals surface area contributed by atoms with Crippen LogP contribution >= 0.6 is 27.5 Å². The largest absolute Gasteiger partial charge is 0.423 e. The van der Waals surface area contributed by atoms with Crippen LogP contribution in [0.2, 0.25) is 0 Å². The molecule has 0 aliphatic carbocycles. The minimum atomic E-state index is -0.344. The van der Waals surface area contributed by atoms with Gasteiger partial charge in [0.1, 0.15) is 11.6 Å². The van der Waals surface area contributed by atoms with Crippen molar-refractivity contribution in [2.24, 2.45) is 0 Å². The van der Waals surface area contributed by atoms with Gasteiger partial charge in [-0.15, -0.1) is 11.6 Å². The van der Waals surface area contributed by atoms with Gasteiger partial charge in [-0.2, -0.15) is 4.98 Å². The number of hydrogen-bond acceptors (Lipinski definition) is 3. The van der Waals surface area contributed by atoms with E-state index in [1.54, 1.807) is 6.20 Å². The highest BCUT2D eigenvalue weighted by atomic mass is 79.9. The maximum atomic E-state index is 12.9. The van der Waals surface area contributed by atoms with Gasteiger partial charge < -0.3 is 4.74 Å². The molecule has 0 bridgehead atoms. The standard InChI is InChI=1S/C12H9BrClFN2O/c1-7-8(5-14)6-16-12(17-7)18-11-3-2-9(15)4-10(11)13/h2-4,6H,5H2,1H3. The number of halogens is 3. The number of benzene rings is 1. The molecule has 0 atom stereocenters. The van der Waals surface area contributed by atoms with Gasteiger partial charge in [-0.25, -0.2) is 9.37 Å². The van der Waals surface area contributed by atoms with Gasteiger partial charge in [-0.1, -0.05) is 0 Å². The lowest BCUT2D eigenvalue weighted by Gasteiger charge is -2.07. The molecule has 0 N–H and O–H groups in total. The van der Waals surface area contributed by atoms with Crippen LogP contribution in [-0.2, 0) is 5.88 Å². The molecule has 0 saturated heterocycles. The van der Waals surface area contributed by atoms with Crippen molar-refractivity contribution < 1.29 is 9.13 Å². The Morgan fingerprint density at radius 1 is 1.44 bits per heavy atom. The summed E-state index contributed by atoms with van der Waals surface area (Å²) in [6, 6.07) is 4.33. The summed E-state index contributed by atoms with van der Waals surface area (Å²) in [5, 5.41) is 0. The number of rotatable bonds is 3. The number of hydrogen-bond donors (Lipinski definition) is 0. The molecular weight excluding hydrogens is 322 g/mol. The fourth-order valence-corrected chi connectivity index (χ4v) is 2.00. The summed E-state index contributed by atoms with van der Waals surface area (Å²) in [6.45, 7) is 1.83. The zero-order valence-corrected chi connectivity index (χ0v) is 11.8. The van der Waals surface area contributed by atoms with Crippen molar-refractivity contribution in [3.63, 3.8) is 0 Å². The molecule has 18 heavy (non-hydrogen) atoms. The van der Waals surface area contributed by atoms with Crippen molar-refractivity contribution in [2.45, 2.75) is 12.8 Å². The van der Waals surface area contributed by atoms with Crippen molar-refractivity contribution in [3.05, 3.63) is 45.9 Å². The Morgan fingerprint density at radius 2 is 2.22 bits per heavy atom. The van der Waals surface area contributed by atoms with E-state index >= 15 is 0 Å². The minimum absolute atomic E-state index is 0.202. The molecule has 0 fully saturated rings. The van der Waals surface area contributed by atoms with E-state index in [-0.39, 0.29) is 11.8 Å². The van der Waals surface area contributed by atoms with Crippen LogP contribution in [0.4, 0.5) is 4.39 Å². The molecule has 1 aromatic heterocycles. The van der Waals surface area contributed by atoms with Gasteiger partial charge in [-0.05, 0) is 41.1 Å². The Labute approximate surface area is 117 Å². The fourth-order valence-electron chi connectivity index (χ4n) is 1.31. The smallest absolute Gasteiger partial charge is 0.322 e. The van der Waals surface area contributed by atoms with Crippen molar-refractivity contribution in [1.29, 1.82) is 0 Å². The summed E-state index contributed by atoms with van der Waals surface area (Å²) in [5.41, 5.74) is 1.61. The zero-order chi connectivity index (χ0) is 13.1. The quantitative estimate of drug-likeness (QED) is 0.790. The lowest BCUT2D eigenvalue weighted by Crippen LogP contribution is -1.97. The molecule has 2 aromatic rings. The van der Waals surface area contributed by atoms with Gasteiger partial charge in [0.25, 0.3) is 0 Å². The van der Waals surface area contributed by atoms with E-state index in [0.29, 0.717) is 16.1 Å². The van der Waals surface area contributed by atoms with E-state index < -0.39 is 0 Å². The number of nitrogens with zero attached hydrogens (tertiary/aromatic N) is 2. The third-order valence-electron chi connectivity index (χ3n) is 2.30. The van der Waals surface area contributed by atoms with E-state index in [0.717, 1.165) is 11.3 Å². The highest BCUT2D eigenvalue weighted by Crippen LogP contribution is 2.28. The molecule has 94 valence electrons. The highest BCUT2D eigenvalue weighted by Gasteiger charge is 2.08. The van der Waals surface area contributed by atoms with Gasteiger partial charge in [-0.3, -0.25) is 0 Å². The van der Waals surface area contributed by atoms with Crippen molar-refractivity contribution in [3.8, 4) is 11.8 Å². The number of ether oxygens (including phenoxy) is 1. The van der Waals surface area contributed by atoms with Crippen LogP contribution in [0.15, 0.2) is 28.9 Å². The van der Waals surface area contributed by atoms with Crippen molar-refractivity contribution in [2.75, 3.05) is 0 Å². The van der Waals surface area contributed by atoms with Crippen LogP contribution in [0.25, 0.3) is 0 Å². The number of aryl methyl sites for hydroxylation is 1. The van der Waals surface area contributed by atoms with Crippen LogP contribution in [0, 0.1) is 12.7 Å². The molecule has 0 aliphatic rings. The molecule has 1 heterocycles. The maximum absolute atomic E-state index is 12.9. The lowest BCUT2D eigenvalue weighted by molar-refractivity contribution is 0.435. The van der Waals surface area contributed by atoms with E-state index in [4.69, 9.17) is 16.3 Å². The molecular formula is C12H9BrClFN2O. The molecule has 0 spiro atoms. The molecule has 0 amide bonds. The van der Waals surface area contributed by atoms with E-state index in [2.05, 4.69) is 25.9 Å². The third-order valence-corrected chi connectivity index (χ3v) is 3.21. The molecule has 1 aromatic carbocycles. The zero-order valence-electron chi connectivity index (χ0n) is 9.45. The van der Waals surface area contributed by atoms with Crippen LogP contribution in [0.5, 0.6) is 11.8 Å². The number of alkyl halides is 1. The first kappa shape index (κ1) is 13.2. The van der Waals surface area contributed by atoms with Gasteiger partial charge >= 0.3 is 6.01 Å². The Morgan fingerprint density at radius 3 is 2.83 bits per heavy atom. The summed E-state index contributed by atoms with van der Waals surface area (Å²) in [7, 11) is 0. The second-order valence-corrected chi connectivity index (χ2v) is 4.70. The van der Waals surface area contributed by atoms with E-state index in [9.17, 15) is 4.39 Å². The average Bonchev–Trinajstić information content (AvgIpc) is 2.33. The fraction of sp³-hybridized carbons (Fsp3) is 0.167. The molecule has 0 radical (unpaired) electrons. The topological polar surface area (TPSA) is 35.0 Å². The average molecular weight is 332 g/mol. The molecule has 3 nitrogen and oxygen atoms in total. The summed E-state index contributed by atoms with van der Waals surface area (Å²) >= 11 is 8.93. The molecule has 6 heteroatoms. The molecule has 0 aliphatic heterocycles. The monoisotopic (exact) mass is 330 g/mol. The van der Waals surface area contributed by atoms with Crippen LogP contribution in [-0.4, -0.2) is 9.97 Å². The first-order chi connectivity index (χ1) is 8.60. The molecule has 0 unspecified atom stereocenters. The van der Waals surface area contributed by atoms with Gasteiger partial charge in [0, 0.05) is 17.5 Å².